The maximum atomic E-state index is 12.1. The third-order valence-corrected chi connectivity index (χ3v) is 3.62. The zero-order valence-electron chi connectivity index (χ0n) is 14.3. The molecule has 0 unspecified atom stereocenters. The first-order chi connectivity index (χ1) is 12.0. The smallest absolute Gasteiger partial charge is 0.260 e. The molecule has 0 aliphatic carbocycles. The minimum Gasteiger partial charge on any atom is -0.497 e. The number of anilines is 1. The van der Waals surface area contributed by atoms with Gasteiger partial charge in [-0.3, -0.25) is 14.9 Å². The molecule has 0 saturated carbocycles. The topological polar surface area (TPSA) is 90.7 Å². The van der Waals surface area contributed by atoms with Crippen LogP contribution in [0, 0.1) is 0 Å². The van der Waals surface area contributed by atoms with Crippen molar-refractivity contribution in [3.8, 4) is 11.5 Å². The lowest BCUT2D eigenvalue weighted by Crippen LogP contribution is -2.29. The molecule has 130 valence electrons. The number of hydrogen-bond acceptors (Lipinski definition) is 5. The van der Waals surface area contributed by atoms with Gasteiger partial charge in [-0.2, -0.15) is 0 Å². The van der Waals surface area contributed by atoms with Crippen LogP contribution in [0.3, 0.4) is 0 Å². The first-order valence-electron chi connectivity index (χ1n) is 7.56. The van der Waals surface area contributed by atoms with E-state index in [2.05, 4.69) is 5.32 Å². The van der Waals surface area contributed by atoms with Crippen molar-refractivity contribution in [2.45, 2.75) is 6.92 Å². The minimum absolute atomic E-state index is 0.254. The Morgan fingerprint density at radius 3 is 2.40 bits per heavy atom. The van der Waals surface area contributed by atoms with Crippen LogP contribution in [0.2, 0.25) is 0 Å². The fourth-order valence-electron chi connectivity index (χ4n) is 2.32. The number of allylic oxidation sites excluding steroid dienone is 1. The number of para-hydroxylation sites is 1. The van der Waals surface area contributed by atoms with Crippen molar-refractivity contribution in [2.24, 2.45) is 0 Å². The van der Waals surface area contributed by atoms with Gasteiger partial charge in [0.05, 0.1) is 19.8 Å². The highest BCUT2D eigenvalue weighted by molar-refractivity contribution is 6.11. The normalized spacial score (nSPS) is 10.9. The first kappa shape index (κ1) is 18.1. The summed E-state index contributed by atoms with van der Waals surface area (Å²) < 4.78 is 10.5. The Bertz CT molecular complexity index is 828. The van der Waals surface area contributed by atoms with E-state index in [1.165, 1.54) is 13.2 Å². The third-order valence-electron chi connectivity index (χ3n) is 3.62. The van der Waals surface area contributed by atoms with Gasteiger partial charge < -0.3 is 15.2 Å². The number of benzene rings is 2. The van der Waals surface area contributed by atoms with E-state index in [-0.39, 0.29) is 5.56 Å². The van der Waals surface area contributed by atoms with Crippen molar-refractivity contribution in [1.82, 2.24) is 5.32 Å². The molecule has 2 amide bonds. The molecule has 2 rings (SSSR count). The van der Waals surface area contributed by atoms with Gasteiger partial charge >= 0.3 is 0 Å². The van der Waals surface area contributed by atoms with Gasteiger partial charge in [0, 0.05) is 23.4 Å². The van der Waals surface area contributed by atoms with E-state index >= 15 is 0 Å². The highest BCUT2D eigenvalue weighted by Gasteiger charge is 2.13. The third kappa shape index (κ3) is 4.38. The molecule has 0 aliphatic rings. The van der Waals surface area contributed by atoms with Crippen LogP contribution in [0.1, 0.15) is 22.8 Å². The number of ether oxygens (including phenoxy) is 2. The van der Waals surface area contributed by atoms with Crippen molar-refractivity contribution in [3.63, 3.8) is 0 Å². The highest BCUT2D eigenvalue weighted by atomic mass is 16.5. The van der Waals surface area contributed by atoms with E-state index in [1.807, 2.05) is 0 Å². The monoisotopic (exact) mass is 340 g/mol. The lowest BCUT2D eigenvalue weighted by atomic mass is 10.1. The maximum absolute atomic E-state index is 12.1. The second-order valence-corrected chi connectivity index (χ2v) is 5.30. The van der Waals surface area contributed by atoms with Gasteiger partial charge in [0.15, 0.2) is 0 Å². The molecule has 0 spiro atoms. The first-order valence-corrected chi connectivity index (χ1v) is 7.56. The quantitative estimate of drug-likeness (QED) is 0.645. The van der Waals surface area contributed by atoms with E-state index in [1.54, 1.807) is 56.5 Å². The minimum atomic E-state index is -0.547. The van der Waals surface area contributed by atoms with Gasteiger partial charge in [-0.15, -0.1) is 0 Å². The lowest BCUT2D eigenvalue weighted by Gasteiger charge is -2.11. The van der Waals surface area contributed by atoms with E-state index in [9.17, 15) is 9.59 Å². The molecule has 0 aliphatic heterocycles. The summed E-state index contributed by atoms with van der Waals surface area (Å²) in [6.07, 6.45) is 1.33. The zero-order valence-corrected chi connectivity index (χ0v) is 14.3. The molecule has 0 bridgehead atoms. The second-order valence-electron chi connectivity index (χ2n) is 5.30. The van der Waals surface area contributed by atoms with E-state index in [0.717, 1.165) is 5.56 Å². The summed E-state index contributed by atoms with van der Waals surface area (Å²) in [5, 5.41) is 2.30. The van der Waals surface area contributed by atoms with Crippen LogP contribution in [0.25, 0.3) is 5.57 Å². The number of nitrogen functional groups attached to an aromatic ring is 1. The second kappa shape index (κ2) is 8.01. The highest BCUT2D eigenvalue weighted by Crippen LogP contribution is 2.29. The SMILES string of the molecule is COc1ccc(/C(C)=C/C(=O)NC(=O)c2ccccc2N)c(OC)c1. The summed E-state index contributed by atoms with van der Waals surface area (Å²) in [7, 11) is 3.10. The Morgan fingerprint density at radius 1 is 1.04 bits per heavy atom. The van der Waals surface area contributed by atoms with Crippen LogP contribution >= 0.6 is 0 Å². The number of hydrogen-bond donors (Lipinski definition) is 2. The summed E-state index contributed by atoms with van der Waals surface area (Å²) in [5.74, 6) is 0.129. The van der Waals surface area contributed by atoms with Crippen LogP contribution in [-0.4, -0.2) is 26.0 Å². The number of nitrogens with one attached hydrogen (secondary N) is 1. The summed E-state index contributed by atoms with van der Waals surface area (Å²) in [6, 6.07) is 11.8. The van der Waals surface area contributed by atoms with E-state index in [0.29, 0.717) is 22.8 Å². The number of carbonyl (C=O) groups is 2. The van der Waals surface area contributed by atoms with Crippen LogP contribution in [-0.2, 0) is 4.79 Å². The van der Waals surface area contributed by atoms with Crippen LogP contribution in [0.15, 0.2) is 48.5 Å². The molecule has 0 heterocycles. The number of imide groups is 1. The molecule has 6 heteroatoms. The summed E-state index contributed by atoms with van der Waals surface area (Å²) >= 11 is 0. The molecule has 0 aromatic heterocycles. The molecule has 2 aromatic carbocycles. The van der Waals surface area contributed by atoms with E-state index < -0.39 is 11.8 Å². The number of nitrogens with two attached hydrogens (primary N) is 1. The predicted molar refractivity (Wildman–Crippen MR) is 96.5 cm³/mol. The Labute approximate surface area is 146 Å². The molecule has 3 N–H and O–H groups in total. The zero-order chi connectivity index (χ0) is 18.4. The van der Waals surface area contributed by atoms with Gasteiger partial charge in [0.25, 0.3) is 11.8 Å². The average Bonchev–Trinajstić information content (AvgIpc) is 2.61. The van der Waals surface area contributed by atoms with Gasteiger partial charge in [-0.1, -0.05) is 12.1 Å². The van der Waals surface area contributed by atoms with Crippen molar-refractivity contribution in [2.75, 3.05) is 20.0 Å². The maximum Gasteiger partial charge on any atom is 0.260 e. The summed E-state index contributed by atoms with van der Waals surface area (Å²) in [6.45, 7) is 1.76. The molecule has 25 heavy (non-hydrogen) atoms. The molecule has 0 atom stereocenters. The molecule has 6 nitrogen and oxygen atoms in total. The predicted octanol–water partition coefficient (Wildman–Crippen LogP) is 2.65. The standard InChI is InChI=1S/C19H20N2O4/c1-12(14-9-8-13(24-2)11-17(14)25-3)10-18(22)21-19(23)15-6-4-5-7-16(15)20/h4-11H,20H2,1-3H3,(H,21,22,23)/b12-10+. The Balaban J connectivity index is 2.18. The lowest BCUT2D eigenvalue weighted by molar-refractivity contribution is -0.115. The average molecular weight is 340 g/mol. The Kier molecular flexibility index (Phi) is 5.79. The van der Waals surface area contributed by atoms with Gasteiger partial charge in [-0.25, -0.2) is 0 Å². The van der Waals surface area contributed by atoms with E-state index in [4.69, 9.17) is 15.2 Å². The Hall–Kier alpha value is -3.28. The number of carbonyl (C=O) groups excluding carboxylic acids is 2. The van der Waals surface area contributed by atoms with Crippen molar-refractivity contribution in [1.29, 1.82) is 0 Å². The number of methoxy groups -OCH3 is 2. The van der Waals surface area contributed by atoms with Gasteiger partial charge in [0.1, 0.15) is 11.5 Å². The Morgan fingerprint density at radius 2 is 1.76 bits per heavy atom. The van der Waals surface area contributed by atoms with Crippen molar-refractivity contribution >= 4 is 23.1 Å². The van der Waals surface area contributed by atoms with Crippen molar-refractivity contribution < 1.29 is 19.1 Å². The van der Waals surface area contributed by atoms with Gasteiger partial charge in [0.2, 0.25) is 0 Å². The summed E-state index contributed by atoms with van der Waals surface area (Å²) in [4.78, 5) is 24.2. The summed E-state index contributed by atoms with van der Waals surface area (Å²) in [5.41, 5.74) is 7.67. The van der Waals surface area contributed by atoms with Crippen LogP contribution in [0.5, 0.6) is 11.5 Å². The number of amides is 2. The molecular formula is C19H20N2O4. The fraction of sp³-hybridized carbons (Fsp3) is 0.158. The molecule has 0 radical (unpaired) electrons. The molecule has 2 aromatic rings. The molecular weight excluding hydrogens is 320 g/mol. The largest absolute Gasteiger partial charge is 0.497 e. The molecule has 0 fully saturated rings. The van der Waals surface area contributed by atoms with Crippen LogP contribution in [0.4, 0.5) is 5.69 Å². The van der Waals surface area contributed by atoms with Crippen LogP contribution < -0.4 is 20.5 Å². The molecule has 0 saturated heterocycles. The fourth-order valence-corrected chi connectivity index (χ4v) is 2.32. The van der Waals surface area contributed by atoms with Crippen molar-refractivity contribution in [3.05, 3.63) is 59.7 Å². The van der Waals surface area contributed by atoms with Gasteiger partial charge in [-0.05, 0) is 36.8 Å². The number of rotatable bonds is 5.